The molecule has 0 saturated carbocycles. The van der Waals surface area contributed by atoms with Gasteiger partial charge in [-0.1, -0.05) is 0 Å². The molecule has 0 fully saturated rings. The van der Waals surface area contributed by atoms with E-state index in [2.05, 4.69) is 35.3 Å². The first-order chi connectivity index (χ1) is 9.25. The number of hydrogen-bond acceptors (Lipinski definition) is 2. The van der Waals surface area contributed by atoms with E-state index in [1.54, 1.807) is 11.8 Å². The van der Waals surface area contributed by atoms with E-state index >= 15 is 0 Å². The molecule has 2 aromatic rings. The number of benzene rings is 1. The van der Waals surface area contributed by atoms with Crippen LogP contribution in [0.25, 0.3) is 0 Å². The van der Waals surface area contributed by atoms with Crippen molar-refractivity contribution in [2.45, 2.75) is 17.9 Å². The summed E-state index contributed by atoms with van der Waals surface area (Å²) in [5.41, 5.74) is 1.30. The Labute approximate surface area is 118 Å². The van der Waals surface area contributed by atoms with Gasteiger partial charge in [0, 0.05) is 30.4 Å². The zero-order chi connectivity index (χ0) is 13.5. The number of rotatable bonds is 7. The molecule has 0 aliphatic heterocycles. The first-order valence-corrected chi connectivity index (χ1v) is 7.43. The van der Waals surface area contributed by atoms with Crippen LogP contribution in [0.5, 0.6) is 0 Å². The first kappa shape index (κ1) is 14.2. The molecule has 0 saturated heterocycles. The fourth-order valence-electron chi connectivity index (χ4n) is 1.81. The van der Waals surface area contributed by atoms with Crippen molar-refractivity contribution >= 4 is 11.8 Å². The molecule has 0 aliphatic rings. The number of aryl methyl sites for hydroxylation is 1. The van der Waals surface area contributed by atoms with E-state index in [0.29, 0.717) is 0 Å². The van der Waals surface area contributed by atoms with Crippen molar-refractivity contribution in [2.24, 2.45) is 7.05 Å². The van der Waals surface area contributed by atoms with Crippen LogP contribution < -0.4 is 5.32 Å². The largest absolute Gasteiger partial charge is 0.353 e. The fraction of sp³-hybridized carbons (Fsp3) is 0.333. The van der Waals surface area contributed by atoms with Crippen molar-refractivity contribution in [3.05, 3.63) is 54.1 Å². The Morgan fingerprint density at radius 1 is 1.21 bits per heavy atom. The molecular formula is C15H19FN2S. The predicted octanol–water partition coefficient (Wildman–Crippen LogP) is 3.44. The summed E-state index contributed by atoms with van der Waals surface area (Å²) in [5.74, 6) is 0.875. The van der Waals surface area contributed by atoms with Crippen LogP contribution in [0.1, 0.15) is 12.1 Å². The van der Waals surface area contributed by atoms with Crippen LogP contribution in [-0.2, 0) is 13.6 Å². The highest BCUT2D eigenvalue weighted by Gasteiger charge is 1.97. The maximum absolute atomic E-state index is 12.7. The minimum atomic E-state index is -0.173. The van der Waals surface area contributed by atoms with Gasteiger partial charge in [-0.15, -0.1) is 11.8 Å². The van der Waals surface area contributed by atoms with Gasteiger partial charge in [-0.3, -0.25) is 0 Å². The third kappa shape index (κ3) is 4.73. The van der Waals surface area contributed by atoms with E-state index in [1.807, 2.05) is 12.1 Å². The van der Waals surface area contributed by atoms with Crippen molar-refractivity contribution in [3.63, 3.8) is 0 Å². The monoisotopic (exact) mass is 278 g/mol. The summed E-state index contributed by atoms with van der Waals surface area (Å²) in [5, 5.41) is 3.43. The van der Waals surface area contributed by atoms with Gasteiger partial charge in [0.25, 0.3) is 0 Å². The standard InChI is InChI=1S/C15H19FN2S/c1-18-10-2-4-14(18)12-17-9-3-11-19-15-7-5-13(16)6-8-15/h2,4-8,10,17H,3,9,11-12H2,1H3. The Morgan fingerprint density at radius 3 is 2.68 bits per heavy atom. The van der Waals surface area contributed by atoms with Crippen molar-refractivity contribution < 1.29 is 4.39 Å². The molecule has 2 nitrogen and oxygen atoms in total. The van der Waals surface area contributed by atoms with Crippen LogP contribution in [0.4, 0.5) is 4.39 Å². The lowest BCUT2D eigenvalue weighted by Gasteiger charge is -2.06. The van der Waals surface area contributed by atoms with Gasteiger partial charge in [-0.25, -0.2) is 4.39 Å². The molecular weight excluding hydrogens is 259 g/mol. The number of nitrogens with zero attached hydrogens (tertiary/aromatic N) is 1. The number of hydrogen-bond donors (Lipinski definition) is 1. The molecule has 0 atom stereocenters. The average molecular weight is 278 g/mol. The van der Waals surface area contributed by atoms with E-state index in [0.717, 1.165) is 30.2 Å². The van der Waals surface area contributed by atoms with Gasteiger partial charge in [0.05, 0.1) is 0 Å². The van der Waals surface area contributed by atoms with Crippen molar-refractivity contribution in [1.82, 2.24) is 9.88 Å². The van der Waals surface area contributed by atoms with Crippen LogP contribution >= 0.6 is 11.8 Å². The molecule has 1 heterocycles. The molecule has 0 radical (unpaired) electrons. The summed E-state index contributed by atoms with van der Waals surface area (Å²) in [4.78, 5) is 1.13. The Hall–Kier alpha value is -1.26. The van der Waals surface area contributed by atoms with Gasteiger partial charge in [-0.2, -0.15) is 0 Å². The molecule has 1 N–H and O–H groups in total. The first-order valence-electron chi connectivity index (χ1n) is 6.45. The predicted molar refractivity (Wildman–Crippen MR) is 78.9 cm³/mol. The third-order valence-corrected chi connectivity index (χ3v) is 4.04. The summed E-state index contributed by atoms with van der Waals surface area (Å²) in [6, 6.07) is 10.9. The molecule has 1 aromatic heterocycles. The Morgan fingerprint density at radius 2 is 2.00 bits per heavy atom. The molecule has 2 rings (SSSR count). The van der Waals surface area contributed by atoms with E-state index in [1.165, 1.54) is 17.8 Å². The van der Waals surface area contributed by atoms with Gasteiger partial charge < -0.3 is 9.88 Å². The minimum Gasteiger partial charge on any atom is -0.353 e. The Bertz CT molecular complexity index is 493. The molecule has 19 heavy (non-hydrogen) atoms. The second-order valence-corrected chi connectivity index (χ2v) is 5.61. The number of thioether (sulfide) groups is 1. The fourth-order valence-corrected chi connectivity index (χ4v) is 2.67. The molecule has 4 heteroatoms. The second kappa shape index (κ2) is 7.36. The van der Waals surface area contributed by atoms with Gasteiger partial charge in [0.2, 0.25) is 0 Å². The quantitative estimate of drug-likeness (QED) is 0.617. The highest BCUT2D eigenvalue weighted by atomic mass is 32.2. The highest BCUT2D eigenvalue weighted by Crippen LogP contribution is 2.18. The lowest BCUT2D eigenvalue weighted by atomic mass is 10.4. The number of nitrogens with one attached hydrogen (secondary N) is 1. The lowest BCUT2D eigenvalue weighted by Crippen LogP contribution is -2.16. The third-order valence-electron chi connectivity index (χ3n) is 2.94. The smallest absolute Gasteiger partial charge is 0.123 e. The van der Waals surface area contributed by atoms with Crippen LogP contribution in [0.15, 0.2) is 47.5 Å². The van der Waals surface area contributed by atoms with Crippen LogP contribution in [0.2, 0.25) is 0 Å². The summed E-state index contributed by atoms with van der Waals surface area (Å²) < 4.78 is 14.8. The molecule has 0 aliphatic carbocycles. The summed E-state index contributed by atoms with van der Waals surface area (Å²) in [6.07, 6.45) is 3.16. The Balaban J connectivity index is 1.57. The minimum absolute atomic E-state index is 0.173. The van der Waals surface area contributed by atoms with Gasteiger partial charge in [-0.05, 0) is 55.1 Å². The second-order valence-electron chi connectivity index (χ2n) is 4.44. The van der Waals surface area contributed by atoms with Gasteiger partial charge in [0.15, 0.2) is 0 Å². The number of aromatic nitrogens is 1. The molecule has 0 unspecified atom stereocenters. The van der Waals surface area contributed by atoms with E-state index < -0.39 is 0 Å². The van der Waals surface area contributed by atoms with E-state index in [-0.39, 0.29) is 5.82 Å². The molecule has 0 amide bonds. The average Bonchev–Trinajstić information content (AvgIpc) is 2.81. The summed E-state index contributed by atoms with van der Waals surface area (Å²) >= 11 is 1.77. The summed E-state index contributed by atoms with van der Waals surface area (Å²) in [7, 11) is 2.06. The van der Waals surface area contributed by atoms with Crippen molar-refractivity contribution in [1.29, 1.82) is 0 Å². The summed E-state index contributed by atoms with van der Waals surface area (Å²) in [6.45, 7) is 1.91. The molecule has 0 bridgehead atoms. The topological polar surface area (TPSA) is 17.0 Å². The highest BCUT2D eigenvalue weighted by molar-refractivity contribution is 7.99. The maximum atomic E-state index is 12.7. The SMILES string of the molecule is Cn1cccc1CNCCCSc1ccc(F)cc1. The van der Waals surface area contributed by atoms with E-state index in [4.69, 9.17) is 0 Å². The van der Waals surface area contributed by atoms with Crippen molar-refractivity contribution in [2.75, 3.05) is 12.3 Å². The van der Waals surface area contributed by atoms with Crippen molar-refractivity contribution in [3.8, 4) is 0 Å². The Kier molecular flexibility index (Phi) is 5.48. The zero-order valence-electron chi connectivity index (χ0n) is 11.1. The van der Waals surface area contributed by atoms with Crippen LogP contribution in [-0.4, -0.2) is 16.9 Å². The van der Waals surface area contributed by atoms with Crippen LogP contribution in [0, 0.1) is 5.82 Å². The van der Waals surface area contributed by atoms with Crippen LogP contribution in [0.3, 0.4) is 0 Å². The lowest BCUT2D eigenvalue weighted by molar-refractivity contribution is 0.626. The van der Waals surface area contributed by atoms with Gasteiger partial charge in [0.1, 0.15) is 5.82 Å². The zero-order valence-corrected chi connectivity index (χ0v) is 11.9. The molecule has 102 valence electrons. The number of halogens is 1. The molecule has 1 aromatic carbocycles. The van der Waals surface area contributed by atoms with Gasteiger partial charge >= 0.3 is 0 Å². The van der Waals surface area contributed by atoms with E-state index in [9.17, 15) is 4.39 Å². The molecule has 0 spiro atoms. The maximum Gasteiger partial charge on any atom is 0.123 e. The normalized spacial score (nSPS) is 10.8.